The summed E-state index contributed by atoms with van der Waals surface area (Å²) < 4.78 is 5.55. The van der Waals surface area contributed by atoms with E-state index in [1.54, 1.807) is 6.26 Å². The summed E-state index contributed by atoms with van der Waals surface area (Å²) in [6.07, 6.45) is 10.5. The molecule has 2 aliphatic carbocycles. The maximum atomic E-state index is 10.1. The van der Waals surface area contributed by atoms with Gasteiger partial charge in [0, 0.05) is 24.4 Å². The van der Waals surface area contributed by atoms with Gasteiger partial charge in [-0.2, -0.15) is 0 Å². The molecule has 2 heterocycles. The number of hydrogen-bond acceptors (Lipinski definition) is 3. The van der Waals surface area contributed by atoms with Crippen LogP contribution < -0.4 is 0 Å². The largest absolute Gasteiger partial charge is 0.508 e. The fourth-order valence-electron chi connectivity index (χ4n) is 6.06. The van der Waals surface area contributed by atoms with E-state index in [4.69, 9.17) is 4.42 Å². The molecule has 0 unspecified atom stereocenters. The number of likely N-dealkylation sites (tertiary alicyclic amines) is 1. The van der Waals surface area contributed by atoms with Crippen molar-refractivity contribution >= 4 is 0 Å². The van der Waals surface area contributed by atoms with Crippen LogP contribution >= 0.6 is 0 Å². The number of phenolic OH excluding ortho intramolecular Hbond substituents is 1. The van der Waals surface area contributed by atoms with Crippen LogP contribution in [0.15, 0.2) is 41.0 Å². The van der Waals surface area contributed by atoms with Crippen molar-refractivity contribution in [2.45, 2.75) is 56.4 Å². The van der Waals surface area contributed by atoms with Crippen molar-refractivity contribution in [2.75, 3.05) is 13.1 Å². The van der Waals surface area contributed by atoms with E-state index >= 15 is 0 Å². The monoisotopic (exact) mass is 337 g/mol. The second-order valence-electron chi connectivity index (χ2n) is 8.24. The number of benzene rings is 1. The van der Waals surface area contributed by atoms with E-state index in [0.717, 1.165) is 31.1 Å². The van der Waals surface area contributed by atoms with Gasteiger partial charge in [0.05, 0.1) is 6.26 Å². The maximum Gasteiger partial charge on any atom is 0.115 e. The van der Waals surface area contributed by atoms with Crippen molar-refractivity contribution in [1.82, 2.24) is 4.90 Å². The number of aromatic hydroxyl groups is 1. The van der Waals surface area contributed by atoms with Crippen molar-refractivity contribution in [3.8, 4) is 5.75 Å². The lowest BCUT2D eigenvalue weighted by Gasteiger charge is -2.59. The van der Waals surface area contributed by atoms with E-state index < -0.39 is 0 Å². The summed E-state index contributed by atoms with van der Waals surface area (Å²) in [6, 6.07) is 10.9. The van der Waals surface area contributed by atoms with Crippen LogP contribution in [-0.4, -0.2) is 29.1 Å². The minimum atomic E-state index is 0.316. The molecule has 3 nitrogen and oxygen atoms in total. The summed E-state index contributed by atoms with van der Waals surface area (Å²) >= 11 is 0. The summed E-state index contributed by atoms with van der Waals surface area (Å²) in [4.78, 5) is 2.73. The van der Waals surface area contributed by atoms with Gasteiger partial charge in [-0.25, -0.2) is 0 Å². The predicted molar refractivity (Wildman–Crippen MR) is 97.8 cm³/mol. The van der Waals surface area contributed by atoms with Crippen LogP contribution in [0.1, 0.15) is 49.0 Å². The van der Waals surface area contributed by atoms with Crippen LogP contribution in [0.5, 0.6) is 5.75 Å². The summed E-state index contributed by atoms with van der Waals surface area (Å²) in [6.45, 7) is 2.27. The Morgan fingerprint density at radius 1 is 1.20 bits per heavy atom. The summed E-state index contributed by atoms with van der Waals surface area (Å²) in [5.41, 5.74) is 3.26. The number of piperidine rings is 1. The third-order valence-corrected chi connectivity index (χ3v) is 7.16. The molecule has 3 atom stereocenters. The second kappa shape index (κ2) is 5.91. The average Bonchev–Trinajstić information content (AvgIpc) is 3.15. The van der Waals surface area contributed by atoms with Gasteiger partial charge in [0.2, 0.25) is 0 Å². The fourth-order valence-corrected chi connectivity index (χ4v) is 6.06. The lowest BCUT2D eigenvalue weighted by Crippen LogP contribution is -2.61. The van der Waals surface area contributed by atoms with Gasteiger partial charge in [-0.3, -0.25) is 4.90 Å². The molecule has 1 saturated carbocycles. The number of nitrogens with zero attached hydrogens (tertiary/aromatic N) is 1. The Hall–Kier alpha value is -1.74. The van der Waals surface area contributed by atoms with Gasteiger partial charge < -0.3 is 9.52 Å². The molecule has 0 spiro atoms. The minimum absolute atomic E-state index is 0.316. The summed E-state index contributed by atoms with van der Waals surface area (Å²) in [5, 5.41) is 10.1. The molecular weight excluding hydrogens is 310 g/mol. The van der Waals surface area contributed by atoms with Crippen molar-refractivity contribution in [2.24, 2.45) is 5.92 Å². The van der Waals surface area contributed by atoms with Crippen LogP contribution in [0.3, 0.4) is 0 Å². The maximum absolute atomic E-state index is 10.1. The molecule has 0 radical (unpaired) electrons. The SMILES string of the molecule is Oc1ccc2c(c1)[C@]13CCCC[C@H]1[C@H](C2)N(CCc1ccco1)CC3. The van der Waals surface area contributed by atoms with Gasteiger partial charge in [-0.1, -0.05) is 18.9 Å². The quantitative estimate of drug-likeness (QED) is 0.908. The number of fused-ring (bicyclic) bond motifs is 1. The van der Waals surface area contributed by atoms with Crippen LogP contribution in [0.25, 0.3) is 0 Å². The van der Waals surface area contributed by atoms with Gasteiger partial charge in [-0.05, 0) is 73.5 Å². The van der Waals surface area contributed by atoms with Crippen molar-refractivity contribution in [3.63, 3.8) is 0 Å². The third kappa shape index (κ3) is 2.43. The normalized spacial score (nSPS) is 31.4. The highest BCUT2D eigenvalue weighted by Crippen LogP contribution is 2.56. The minimum Gasteiger partial charge on any atom is -0.508 e. The molecule has 2 fully saturated rings. The lowest BCUT2D eigenvalue weighted by atomic mass is 9.52. The number of furan rings is 1. The third-order valence-electron chi connectivity index (χ3n) is 7.16. The van der Waals surface area contributed by atoms with E-state index in [1.165, 1.54) is 49.8 Å². The average molecular weight is 337 g/mol. The van der Waals surface area contributed by atoms with Crippen LogP contribution in [-0.2, 0) is 18.3 Å². The number of phenols is 1. The molecule has 3 aliphatic rings. The summed E-state index contributed by atoms with van der Waals surface area (Å²) in [5.74, 6) is 2.29. The Balaban J connectivity index is 1.47. The molecule has 3 heteroatoms. The number of rotatable bonds is 3. The highest BCUT2D eigenvalue weighted by molar-refractivity contribution is 5.45. The zero-order chi connectivity index (χ0) is 16.9. The molecule has 1 aromatic carbocycles. The smallest absolute Gasteiger partial charge is 0.115 e. The first-order valence-electron chi connectivity index (χ1n) is 9.85. The first kappa shape index (κ1) is 15.5. The zero-order valence-electron chi connectivity index (χ0n) is 14.8. The molecule has 2 bridgehead atoms. The molecule has 1 N–H and O–H groups in total. The predicted octanol–water partition coefficient (Wildman–Crippen LogP) is 4.29. The van der Waals surface area contributed by atoms with Gasteiger partial charge >= 0.3 is 0 Å². The van der Waals surface area contributed by atoms with Crippen LogP contribution in [0, 0.1) is 5.92 Å². The van der Waals surface area contributed by atoms with Gasteiger partial charge in [0.25, 0.3) is 0 Å². The lowest BCUT2D eigenvalue weighted by molar-refractivity contribution is -0.0112. The molecular formula is C22H27NO2. The molecule has 1 aromatic heterocycles. The molecule has 2 aromatic rings. The van der Waals surface area contributed by atoms with Gasteiger partial charge in [0.1, 0.15) is 11.5 Å². The van der Waals surface area contributed by atoms with Gasteiger partial charge in [-0.15, -0.1) is 0 Å². The van der Waals surface area contributed by atoms with Gasteiger partial charge in [0.15, 0.2) is 0 Å². The van der Waals surface area contributed by atoms with Crippen LogP contribution in [0.2, 0.25) is 0 Å². The second-order valence-corrected chi connectivity index (χ2v) is 8.24. The Morgan fingerprint density at radius 3 is 3.04 bits per heavy atom. The van der Waals surface area contributed by atoms with Crippen molar-refractivity contribution in [3.05, 3.63) is 53.5 Å². The van der Waals surface area contributed by atoms with E-state index in [-0.39, 0.29) is 0 Å². The zero-order valence-corrected chi connectivity index (χ0v) is 14.8. The first-order chi connectivity index (χ1) is 12.3. The van der Waals surface area contributed by atoms with Crippen LogP contribution in [0.4, 0.5) is 0 Å². The summed E-state index contributed by atoms with van der Waals surface area (Å²) in [7, 11) is 0. The topological polar surface area (TPSA) is 36.6 Å². The van der Waals surface area contributed by atoms with E-state index in [0.29, 0.717) is 17.2 Å². The molecule has 1 saturated heterocycles. The molecule has 5 rings (SSSR count). The Kier molecular flexibility index (Phi) is 3.67. The Labute approximate surface area is 149 Å². The van der Waals surface area contributed by atoms with E-state index in [1.807, 2.05) is 12.1 Å². The van der Waals surface area contributed by atoms with Crippen molar-refractivity contribution in [1.29, 1.82) is 0 Å². The molecule has 0 amide bonds. The number of hydrogen-bond donors (Lipinski definition) is 1. The first-order valence-corrected chi connectivity index (χ1v) is 9.85. The fraction of sp³-hybridized carbons (Fsp3) is 0.545. The standard InChI is InChI=1S/C22H27NO2/c24-17-7-6-16-14-21-19-5-1-2-9-22(19,20(16)15-17)10-12-23(21)11-8-18-4-3-13-25-18/h3-4,6-7,13,15,19,21,24H,1-2,5,8-12,14H2/t19-,21-,22-/m0/s1. The molecule has 1 aliphatic heterocycles. The Bertz CT molecular complexity index is 753. The highest BCUT2D eigenvalue weighted by atomic mass is 16.3. The molecule has 132 valence electrons. The van der Waals surface area contributed by atoms with E-state index in [9.17, 15) is 5.11 Å². The highest BCUT2D eigenvalue weighted by Gasteiger charge is 2.53. The van der Waals surface area contributed by atoms with E-state index in [2.05, 4.69) is 23.1 Å². The molecule has 25 heavy (non-hydrogen) atoms. The Morgan fingerprint density at radius 2 is 2.16 bits per heavy atom. The van der Waals surface area contributed by atoms with Crippen molar-refractivity contribution < 1.29 is 9.52 Å².